The highest BCUT2D eigenvalue weighted by Gasteiger charge is 2.17. The van der Waals surface area contributed by atoms with Crippen LogP contribution in [-0.2, 0) is 4.79 Å². The van der Waals surface area contributed by atoms with Crippen molar-refractivity contribution in [1.29, 1.82) is 0 Å². The number of carbonyl (C=O) groups is 1. The largest absolute Gasteiger partial charge is 0.479 e. The Morgan fingerprint density at radius 2 is 1.72 bits per heavy atom. The summed E-state index contributed by atoms with van der Waals surface area (Å²) in [5.74, 6) is -1.98. The molecule has 2 aromatic carbocycles. The molecule has 1 unspecified atom stereocenters. The molecule has 92 valence electrons. The summed E-state index contributed by atoms with van der Waals surface area (Å²) in [7, 11) is 0. The summed E-state index contributed by atoms with van der Waals surface area (Å²) < 4.78 is 13.4. The van der Waals surface area contributed by atoms with Gasteiger partial charge in [0, 0.05) is 0 Å². The summed E-state index contributed by atoms with van der Waals surface area (Å²) in [5, 5.41) is 18.1. The molecule has 0 spiro atoms. The molecule has 2 aromatic rings. The summed E-state index contributed by atoms with van der Waals surface area (Å²) in [6, 6.07) is 12.8. The van der Waals surface area contributed by atoms with E-state index in [1.807, 2.05) is 6.07 Å². The lowest BCUT2D eigenvalue weighted by atomic mass is 10.0. The molecule has 4 heteroatoms. The number of carboxylic acid groups (broad SMARTS) is 1. The monoisotopic (exact) mass is 246 g/mol. The Labute approximate surface area is 103 Å². The van der Waals surface area contributed by atoms with E-state index in [2.05, 4.69) is 0 Å². The zero-order valence-electron chi connectivity index (χ0n) is 9.38. The minimum absolute atomic E-state index is 0.0290. The van der Waals surface area contributed by atoms with E-state index in [4.69, 9.17) is 5.11 Å². The Morgan fingerprint density at radius 3 is 2.33 bits per heavy atom. The number of hydrogen-bond donors (Lipinski definition) is 2. The van der Waals surface area contributed by atoms with Gasteiger partial charge in [0.2, 0.25) is 0 Å². The number of rotatable bonds is 3. The van der Waals surface area contributed by atoms with Gasteiger partial charge >= 0.3 is 5.97 Å². The van der Waals surface area contributed by atoms with Gasteiger partial charge in [-0.25, -0.2) is 9.18 Å². The highest BCUT2D eigenvalue weighted by molar-refractivity contribution is 5.75. The first-order chi connectivity index (χ1) is 8.58. The molecule has 0 heterocycles. The van der Waals surface area contributed by atoms with E-state index in [9.17, 15) is 14.3 Å². The van der Waals surface area contributed by atoms with Crippen molar-refractivity contribution in [2.24, 2.45) is 0 Å². The van der Waals surface area contributed by atoms with Crippen molar-refractivity contribution < 1.29 is 19.4 Å². The van der Waals surface area contributed by atoms with Crippen LogP contribution in [0.1, 0.15) is 11.7 Å². The minimum atomic E-state index is -1.72. The Balaban J connectivity index is 2.48. The third-order valence-electron chi connectivity index (χ3n) is 2.58. The predicted molar refractivity (Wildman–Crippen MR) is 64.4 cm³/mol. The van der Waals surface area contributed by atoms with Crippen LogP contribution < -0.4 is 0 Å². The van der Waals surface area contributed by atoms with Gasteiger partial charge in [-0.3, -0.25) is 0 Å². The van der Waals surface area contributed by atoms with Crippen LogP contribution in [0.5, 0.6) is 0 Å². The Kier molecular flexibility index (Phi) is 3.39. The molecule has 18 heavy (non-hydrogen) atoms. The lowest BCUT2D eigenvalue weighted by Gasteiger charge is -2.09. The van der Waals surface area contributed by atoms with Gasteiger partial charge in [-0.15, -0.1) is 0 Å². The van der Waals surface area contributed by atoms with Gasteiger partial charge in [0.15, 0.2) is 6.10 Å². The van der Waals surface area contributed by atoms with E-state index in [-0.39, 0.29) is 5.56 Å². The number of hydrogen-bond acceptors (Lipinski definition) is 2. The zero-order valence-corrected chi connectivity index (χ0v) is 9.38. The Hall–Kier alpha value is -2.20. The van der Waals surface area contributed by atoms with Crippen LogP contribution in [0.15, 0.2) is 48.5 Å². The zero-order chi connectivity index (χ0) is 13.1. The first-order valence-electron chi connectivity index (χ1n) is 5.34. The number of benzene rings is 2. The first kappa shape index (κ1) is 12.3. The predicted octanol–water partition coefficient (Wildman–Crippen LogP) is 2.61. The Bertz CT molecular complexity index is 567. The van der Waals surface area contributed by atoms with Crippen molar-refractivity contribution in [3.63, 3.8) is 0 Å². The standard InChI is InChI=1S/C14H11FO3/c15-12-7-10(9-4-2-1-3-5-9)6-11(8-12)13(16)14(17)18/h1-8,13,16H,(H,17,18). The number of aliphatic hydroxyl groups is 1. The van der Waals surface area contributed by atoms with E-state index >= 15 is 0 Å². The lowest BCUT2D eigenvalue weighted by molar-refractivity contribution is -0.146. The van der Waals surface area contributed by atoms with Crippen molar-refractivity contribution in [2.75, 3.05) is 0 Å². The van der Waals surface area contributed by atoms with Crippen molar-refractivity contribution in [2.45, 2.75) is 6.10 Å². The third kappa shape index (κ3) is 2.55. The van der Waals surface area contributed by atoms with Gasteiger partial charge in [0.1, 0.15) is 5.82 Å². The van der Waals surface area contributed by atoms with E-state index in [1.54, 1.807) is 24.3 Å². The molecule has 0 saturated carbocycles. The Morgan fingerprint density at radius 1 is 1.06 bits per heavy atom. The summed E-state index contributed by atoms with van der Waals surface area (Å²) in [4.78, 5) is 10.7. The molecular weight excluding hydrogens is 235 g/mol. The van der Waals surface area contributed by atoms with Gasteiger partial charge in [-0.05, 0) is 34.9 Å². The van der Waals surface area contributed by atoms with Crippen LogP contribution in [0.25, 0.3) is 11.1 Å². The van der Waals surface area contributed by atoms with Crippen LogP contribution in [0.3, 0.4) is 0 Å². The van der Waals surface area contributed by atoms with Crippen LogP contribution in [0.4, 0.5) is 4.39 Å². The molecule has 1 atom stereocenters. The number of aliphatic hydroxyl groups excluding tert-OH is 1. The molecule has 2 N–H and O–H groups in total. The fraction of sp³-hybridized carbons (Fsp3) is 0.0714. The minimum Gasteiger partial charge on any atom is -0.479 e. The average Bonchev–Trinajstić information content (AvgIpc) is 2.38. The summed E-state index contributed by atoms with van der Waals surface area (Å²) in [5.41, 5.74) is 1.32. The molecule has 0 fully saturated rings. The fourth-order valence-corrected chi connectivity index (χ4v) is 1.71. The molecule has 0 amide bonds. The number of aliphatic carboxylic acids is 1. The summed E-state index contributed by atoms with van der Waals surface area (Å²) >= 11 is 0. The topological polar surface area (TPSA) is 57.5 Å². The number of carboxylic acids is 1. The van der Waals surface area contributed by atoms with Crippen molar-refractivity contribution in [1.82, 2.24) is 0 Å². The molecule has 0 radical (unpaired) electrons. The van der Waals surface area contributed by atoms with Gasteiger partial charge in [-0.2, -0.15) is 0 Å². The molecule has 0 saturated heterocycles. The summed E-state index contributed by atoms with van der Waals surface area (Å²) in [6.45, 7) is 0. The summed E-state index contributed by atoms with van der Waals surface area (Å²) in [6.07, 6.45) is -1.72. The molecule has 0 aromatic heterocycles. The molecule has 0 aliphatic heterocycles. The van der Waals surface area contributed by atoms with Crippen LogP contribution in [0, 0.1) is 5.82 Å². The molecule has 2 rings (SSSR count). The van der Waals surface area contributed by atoms with Crippen molar-refractivity contribution >= 4 is 5.97 Å². The first-order valence-corrected chi connectivity index (χ1v) is 5.34. The second-order valence-corrected chi connectivity index (χ2v) is 3.88. The van der Waals surface area contributed by atoms with Gasteiger partial charge in [0.05, 0.1) is 0 Å². The van der Waals surface area contributed by atoms with Crippen LogP contribution >= 0.6 is 0 Å². The van der Waals surface area contributed by atoms with E-state index < -0.39 is 17.9 Å². The van der Waals surface area contributed by atoms with E-state index in [0.717, 1.165) is 11.6 Å². The normalized spacial score (nSPS) is 12.1. The highest BCUT2D eigenvalue weighted by Crippen LogP contribution is 2.24. The molecular formula is C14H11FO3. The van der Waals surface area contributed by atoms with Crippen LogP contribution in [-0.4, -0.2) is 16.2 Å². The maximum atomic E-state index is 13.4. The van der Waals surface area contributed by atoms with E-state index in [0.29, 0.717) is 5.56 Å². The maximum Gasteiger partial charge on any atom is 0.337 e. The molecule has 0 aliphatic carbocycles. The number of halogens is 1. The molecule has 3 nitrogen and oxygen atoms in total. The maximum absolute atomic E-state index is 13.4. The lowest BCUT2D eigenvalue weighted by Crippen LogP contribution is -2.10. The van der Waals surface area contributed by atoms with Crippen molar-refractivity contribution in [3.05, 3.63) is 59.9 Å². The highest BCUT2D eigenvalue weighted by atomic mass is 19.1. The van der Waals surface area contributed by atoms with Crippen molar-refractivity contribution in [3.8, 4) is 11.1 Å². The molecule has 0 bridgehead atoms. The van der Waals surface area contributed by atoms with Gasteiger partial charge in [-0.1, -0.05) is 30.3 Å². The quantitative estimate of drug-likeness (QED) is 0.875. The SMILES string of the molecule is O=C(O)C(O)c1cc(F)cc(-c2ccccc2)c1. The van der Waals surface area contributed by atoms with Gasteiger partial charge < -0.3 is 10.2 Å². The van der Waals surface area contributed by atoms with Gasteiger partial charge in [0.25, 0.3) is 0 Å². The average molecular weight is 246 g/mol. The fourth-order valence-electron chi connectivity index (χ4n) is 1.71. The second kappa shape index (κ2) is 4.98. The molecule has 0 aliphatic rings. The van der Waals surface area contributed by atoms with E-state index in [1.165, 1.54) is 12.1 Å². The second-order valence-electron chi connectivity index (χ2n) is 3.88. The van der Waals surface area contributed by atoms with Crippen LogP contribution in [0.2, 0.25) is 0 Å². The smallest absolute Gasteiger partial charge is 0.337 e. The third-order valence-corrected chi connectivity index (χ3v) is 2.58.